The Labute approximate surface area is 215 Å². The third-order valence-corrected chi connectivity index (χ3v) is 6.41. The summed E-state index contributed by atoms with van der Waals surface area (Å²) in [7, 11) is 0. The van der Waals surface area contributed by atoms with Gasteiger partial charge < -0.3 is 19.9 Å². The third-order valence-electron chi connectivity index (χ3n) is 6.41. The maximum absolute atomic E-state index is 14.2. The van der Waals surface area contributed by atoms with Gasteiger partial charge in [-0.05, 0) is 35.7 Å². The van der Waals surface area contributed by atoms with Gasteiger partial charge in [0.05, 0.1) is 0 Å². The molecule has 196 valence electrons. The highest BCUT2D eigenvalue weighted by molar-refractivity contribution is 5.93. The maximum atomic E-state index is 14.2. The minimum atomic E-state index is -2.17. The van der Waals surface area contributed by atoms with Crippen LogP contribution in [0.3, 0.4) is 0 Å². The molecule has 5 nitrogen and oxygen atoms in total. The first kappa shape index (κ1) is 25.3. The van der Waals surface area contributed by atoms with Crippen molar-refractivity contribution in [1.82, 2.24) is 0 Å². The number of rotatable bonds is 6. The van der Waals surface area contributed by atoms with Crippen LogP contribution in [-0.2, 0) is 4.79 Å². The van der Waals surface area contributed by atoms with Crippen molar-refractivity contribution in [3.8, 4) is 5.75 Å². The quantitative estimate of drug-likeness (QED) is 0.193. The molecule has 0 aromatic heterocycles. The van der Waals surface area contributed by atoms with E-state index in [1.807, 2.05) is 41.3 Å². The number of fused-ring (bicyclic) bond motifs is 1. The standard InChI is InChI=1S/C28H22F5N3O2/c29-23-24(30)26(32)28(27(33)25(23)31)36-14-12-35(13-15-36)19-10-8-18(9-11-19)34-22(37)16-38-21-7-3-5-17-4-1-2-6-20(17)21/h1-11H,12-16H2,(H,34,37). The number of nitrogens with one attached hydrogen (secondary N) is 1. The van der Waals surface area contributed by atoms with Gasteiger partial charge in [0, 0.05) is 42.9 Å². The number of carbonyl (C=O) groups is 1. The second kappa shape index (κ2) is 10.6. The fraction of sp³-hybridized carbons (Fsp3) is 0.179. The van der Waals surface area contributed by atoms with Crippen LogP contribution in [0.2, 0.25) is 0 Å². The molecule has 0 atom stereocenters. The lowest BCUT2D eigenvalue weighted by molar-refractivity contribution is -0.118. The lowest BCUT2D eigenvalue weighted by Gasteiger charge is -2.37. The van der Waals surface area contributed by atoms with Crippen LogP contribution in [0.4, 0.5) is 39.0 Å². The lowest BCUT2D eigenvalue weighted by Crippen LogP contribution is -2.47. The average Bonchev–Trinajstić information content (AvgIpc) is 2.95. The van der Waals surface area contributed by atoms with Gasteiger partial charge in [0.15, 0.2) is 29.9 Å². The molecule has 10 heteroatoms. The number of ether oxygens (including phenoxy) is 1. The van der Waals surface area contributed by atoms with Crippen molar-refractivity contribution in [3.05, 3.63) is 95.8 Å². The summed E-state index contributed by atoms with van der Waals surface area (Å²) in [5.74, 6) is -9.47. The molecular formula is C28H22F5N3O2. The number of piperazine rings is 1. The monoisotopic (exact) mass is 527 g/mol. The van der Waals surface area contributed by atoms with E-state index in [-0.39, 0.29) is 25.6 Å². The van der Waals surface area contributed by atoms with E-state index in [4.69, 9.17) is 4.74 Å². The molecule has 0 unspecified atom stereocenters. The topological polar surface area (TPSA) is 44.8 Å². The van der Waals surface area contributed by atoms with Crippen LogP contribution in [-0.4, -0.2) is 38.7 Å². The molecule has 0 saturated carbocycles. The largest absolute Gasteiger partial charge is 0.483 e. The van der Waals surface area contributed by atoms with Crippen molar-refractivity contribution in [2.75, 3.05) is 47.9 Å². The van der Waals surface area contributed by atoms with Gasteiger partial charge in [-0.2, -0.15) is 0 Å². The molecule has 1 saturated heterocycles. The molecule has 5 rings (SSSR count). The van der Waals surface area contributed by atoms with Gasteiger partial charge in [-0.25, -0.2) is 22.0 Å². The summed E-state index contributed by atoms with van der Waals surface area (Å²) in [6.45, 7) is 0.536. The molecule has 38 heavy (non-hydrogen) atoms. The molecule has 1 amide bonds. The number of anilines is 3. The minimum Gasteiger partial charge on any atom is -0.483 e. The van der Waals surface area contributed by atoms with Gasteiger partial charge >= 0.3 is 0 Å². The van der Waals surface area contributed by atoms with Crippen molar-refractivity contribution >= 4 is 33.7 Å². The first-order valence-corrected chi connectivity index (χ1v) is 11.9. The van der Waals surface area contributed by atoms with E-state index >= 15 is 0 Å². The first-order chi connectivity index (χ1) is 18.3. The molecule has 0 spiro atoms. The highest BCUT2D eigenvalue weighted by Gasteiger charge is 2.30. The SMILES string of the molecule is O=C(COc1cccc2ccccc12)Nc1ccc(N2CCN(c3c(F)c(F)c(F)c(F)c3F)CC2)cc1. The van der Waals surface area contributed by atoms with Crippen LogP contribution in [0.15, 0.2) is 66.7 Å². The van der Waals surface area contributed by atoms with Crippen molar-refractivity contribution in [2.24, 2.45) is 0 Å². The predicted molar refractivity (Wildman–Crippen MR) is 135 cm³/mol. The van der Waals surface area contributed by atoms with Crippen molar-refractivity contribution < 1.29 is 31.5 Å². The molecule has 0 bridgehead atoms. The number of hydrogen-bond donors (Lipinski definition) is 1. The summed E-state index contributed by atoms with van der Waals surface area (Å²) < 4.78 is 74.6. The van der Waals surface area contributed by atoms with Crippen molar-refractivity contribution in [1.29, 1.82) is 0 Å². The molecule has 0 radical (unpaired) electrons. The minimum absolute atomic E-state index is 0.0579. The van der Waals surface area contributed by atoms with Crippen LogP contribution < -0.4 is 19.9 Å². The second-order valence-electron chi connectivity index (χ2n) is 8.75. The van der Waals surface area contributed by atoms with Crippen LogP contribution in [0.5, 0.6) is 5.75 Å². The molecule has 1 fully saturated rings. The summed E-state index contributed by atoms with van der Waals surface area (Å²) >= 11 is 0. The van der Waals surface area contributed by atoms with Crippen molar-refractivity contribution in [2.45, 2.75) is 0 Å². The molecule has 1 heterocycles. The van der Waals surface area contributed by atoms with Gasteiger partial charge in [0.2, 0.25) is 5.82 Å². The molecule has 1 aliphatic heterocycles. The Hall–Kier alpha value is -4.34. The zero-order valence-electron chi connectivity index (χ0n) is 20.0. The number of nitrogens with zero attached hydrogens (tertiary/aromatic N) is 2. The summed E-state index contributed by atoms with van der Waals surface area (Å²) in [5.41, 5.74) is 0.428. The van der Waals surface area contributed by atoms with Crippen LogP contribution in [0, 0.1) is 29.1 Å². The van der Waals surface area contributed by atoms with Crippen LogP contribution >= 0.6 is 0 Å². The fourth-order valence-electron chi connectivity index (χ4n) is 4.48. The Kier molecular flexibility index (Phi) is 7.04. The van der Waals surface area contributed by atoms with Gasteiger partial charge in [0.1, 0.15) is 11.4 Å². The summed E-state index contributed by atoms with van der Waals surface area (Å²) in [6, 6.07) is 20.3. The van der Waals surface area contributed by atoms with E-state index in [1.54, 1.807) is 30.3 Å². The molecule has 4 aromatic carbocycles. The first-order valence-electron chi connectivity index (χ1n) is 11.9. The smallest absolute Gasteiger partial charge is 0.262 e. The Morgan fingerprint density at radius 3 is 1.97 bits per heavy atom. The van der Waals surface area contributed by atoms with Crippen molar-refractivity contribution in [3.63, 3.8) is 0 Å². The maximum Gasteiger partial charge on any atom is 0.262 e. The number of halogens is 5. The van der Waals surface area contributed by atoms with E-state index < -0.39 is 34.8 Å². The number of benzene rings is 4. The number of hydrogen-bond acceptors (Lipinski definition) is 4. The van der Waals surface area contributed by atoms with Crippen LogP contribution in [0.25, 0.3) is 10.8 Å². The number of carbonyl (C=O) groups excluding carboxylic acids is 1. The zero-order chi connectivity index (χ0) is 26.8. The van der Waals surface area contributed by atoms with Crippen LogP contribution in [0.1, 0.15) is 0 Å². The highest BCUT2D eigenvalue weighted by Crippen LogP contribution is 2.31. The summed E-state index contributed by atoms with van der Waals surface area (Å²) in [4.78, 5) is 15.5. The Bertz CT molecular complexity index is 1450. The summed E-state index contributed by atoms with van der Waals surface area (Å²) in [5, 5.41) is 4.69. The van der Waals surface area contributed by atoms with Gasteiger partial charge in [-0.15, -0.1) is 0 Å². The third kappa shape index (κ3) is 4.93. The molecule has 0 aliphatic carbocycles. The van der Waals surface area contributed by atoms with E-state index in [9.17, 15) is 26.7 Å². The Morgan fingerprint density at radius 2 is 1.29 bits per heavy atom. The normalized spacial score (nSPS) is 13.6. The van der Waals surface area contributed by atoms with Gasteiger partial charge in [-0.3, -0.25) is 4.79 Å². The van der Waals surface area contributed by atoms with E-state index in [1.165, 1.54) is 0 Å². The molecule has 1 aliphatic rings. The Morgan fingerprint density at radius 1 is 0.711 bits per heavy atom. The molecular weight excluding hydrogens is 505 g/mol. The predicted octanol–water partition coefficient (Wildman–Crippen LogP) is 5.88. The fourth-order valence-corrected chi connectivity index (χ4v) is 4.48. The van der Waals surface area contributed by atoms with E-state index in [2.05, 4.69) is 5.32 Å². The number of amides is 1. The van der Waals surface area contributed by atoms with E-state index in [0.29, 0.717) is 24.5 Å². The second-order valence-corrected chi connectivity index (χ2v) is 8.75. The lowest BCUT2D eigenvalue weighted by atomic mass is 10.1. The molecule has 1 N–H and O–H groups in total. The average molecular weight is 527 g/mol. The highest BCUT2D eigenvalue weighted by atomic mass is 19.2. The van der Waals surface area contributed by atoms with E-state index in [0.717, 1.165) is 21.4 Å². The Balaban J connectivity index is 1.17. The summed E-state index contributed by atoms with van der Waals surface area (Å²) in [6.07, 6.45) is 0. The van der Waals surface area contributed by atoms with Gasteiger partial charge in [-0.1, -0.05) is 36.4 Å². The van der Waals surface area contributed by atoms with Gasteiger partial charge in [0.25, 0.3) is 5.91 Å². The zero-order valence-corrected chi connectivity index (χ0v) is 20.0. The molecule has 4 aromatic rings.